The Morgan fingerprint density at radius 3 is 2.50 bits per heavy atom. The van der Waals surface area contributed by atoms with Gasteiger partial charge in [-0.15, -0.1) is 0 Å². The maximum absolute atomic E-state index is 13.0. The van der Waals surface area contributed by atoms with E-state index in [4.69, 9.17) is 16.3 Å². The molecule has 1 unspecified atom stereocenters. The van der Waals surface area contributed by atoms with Crippen LogP contribution in [0, 0.1) is 11.3 Å². The first-order chi connectivity index (χ1) is 16.1. The third-order valence-corrected chi connectivity index (χ3v) is 6.84. The van der Waals surface area contributed by atoms with Crippen molar-refractivity contribution < 1.29 is 9.53 Å². The third-order valence-electron chi connectivity index (χ3n) is 6.55. The molecule has 2 saturated heterocycles. The fraction of sp³-hybridized carbons (Fsp3) is 0.481. The van der Waals surface area contributed by atoms with Crippen molar-refractivity contribution in [2.75, 3.05) is 6.54 Å². The fourth-order valence-corrected chi connectivity index (χ4v) is 5.75. The Kier molecular flexibility index (Phi) is 6.91. The summed E-state index contributed by atoms with van der Waals surface area (Å²) in [5.41, 5.74) is 1.82. The number of rotatable bonds is 5. The van der Waals surface area contributed by atoms with E-state index < -0.39 is 0 Å². The average Bonchev–Trinajstić information content (AvgIpc) is 3.27. The molecule has 2 aromatic rings. The number of piperidine rings is 1. The van der Waals surface area contributed by atoms with Gasteiger partial charge in [-0.25, -0.2) is 0 Å². The van der Waals surface area contributed by atoms with Crippen LogP contribution in [0.1, 0.15) is 80.9 Å². The largest absolute Gasteiger partial charge is 0.454 e. The number of benzene rings is 2. The molecule has 6 nitrogen and oxygen atoms in total. The predicted molar refractivity (Wildman–Crippen MR) is 134 cm³/mol. The Balaban J connectivity index is 1.49. The zero-order valence-corrected chi connectivity index (χ0v) is 21.1. The van der Waals surface area contributed by atoms with Gasteiger partial charge in [-0.3, -0.25) is 4.79 Å². The lowest BCUT2D eigenvalue weighted by Gasteiger charge is -2.46. The van der Waals surface area contributed by atoms with Crippen LogP contribution in [0.2, 0.25) is 5.02 Å². The molecule has 7 heteroatoms. The topological polar surface area (TPSA) is 86.2 Å². The molecule has 2 aliphatic heterocycles. The number of halogens is 1. The molecule has 2 heterocycles. The summed E-state index contributed by atoms with van der Waals surface area (Å²) in [4.78, 5) is 13.0. The van der Waals surface area contributed by atoms with Gasteiger partial charge in [0.15, 0.2) is 0 Å². The van der Waals surface area contributed by atoms with Crippen molar-refractivity contribution in [1.82, 2.24) is 16.0 Å². The molecule has 0 saturated carbocycles. The highest BCUT2D eigenvalue weighted by Gasteiger charge is 2.38. The number of hydrogen-bond donors (Lipinski definition) is 3. The van der Waals surface area contributed by atoms with E-state index in [2.05, 4.69) is 49.7 Å². The number of carbonyl (C=O) groups excluding carboxylic acids is 1. The highest BCUT2D eigenvalue weighted by atomic mass is 35.5. The highest BCUT2D eigenvalue weighted by molar-refractivity contribution is 6.32. The lowest BCUT2D eigenvalue weighted by molar-refractivity contribution is 0.0873. The summed E-state index contributed by atoms with van der Waals surface area (Å²) in [5, 5.41) is 20.4. The van der Waals surface area contributed by atoms with Crippen LogP contribution < -0.4 is 20.7 Å². The van der Waals surface area contributed by atoms with Crippen molar-refractivity contribution in [1.29, 1.82) is 5.26 Å². The zero-order chi connectivity index (χ0) is 24.5. The molecular weight excluding hydrogens is 448 g/mol. The first-order valence-corrected chi connectivity index (χ1v) is 12.3. The lowest BCUT2D eigenvalue weighted by Crippen LogP contribution is -2.62. The molecule has 1 atom stereocenters. The van der Waals surface area contributed by atoms with Crippen LogP contribution >= 0.6 is 11.6 Å². The van der Waals surface area contributed by atoms with Gasteiger partial charge in [-0.2, -0.15) is 5.26 Å². The van der Waals surface area contributed by atoms with E-state index in [9.17, 15) is 10.1 Å². The molecule has 4 rings (SSSR count). The summed E-state index contributed by atoms with van der Waals surface area (Å²) in [7, 11) is 0. The smallest absolute Gasteiger partial charge is 0.251 e. The highest BCUT2D eigenvalue weighted by Crippen LogP contribution is 2.36. The molecule has 2 fully saturated rings. The summed E-state index contributed by atoms with van der Waals surface area (Å²) in [6.07, 6.45) is 3.77. The van der Waals surface area contributed by atoms with Crippen LogP contribution in [0.4, 0.5) is 0 Å². The molecule has 0 aliphatic carbocycles. The third kappa shape index (κ3) is 5.55. The van der Waals surface area contributed by atoms with Gasteiger partial charge >= 0.3 is 0 Å². The second-order valence-corrected chi connectivity index (χ2v) is 11.1. The average molecular weight is 481 g/mol. The number of hydrogen-bond acceptors (Lipinski definition) is 5. The number of amides is 1. The first kappa shape index (κ1) is 24.5. The monoisotopic (exact) mass is 480 g/mol. The fourth-order valence-electron chi connectivity index (χ4n) is 5.53. The van der Waals surface area contributed by atoms with Gasteiger partial charge in [-0.05, 0) is 89.8 Å². The van der Waals surface area contributed by atoms with E-state index in [1.807, 2.05) is 12.1 Å². The number of ether oxygens (including phenoxy) is 1. The zero-order valence-electron chi connectivity index (χ0n) is 20.3. The van der Waals surface area contributed by atoms with Crippen LogP contribution in [-0.4, -0.2) is 29.6 Å². The summed E-state index contributed by atoms with van der Waals surface area (Å²) >= 11 is 6.51. The summed E-state index contributed by atoms with van der Waals surface area (Å²) in [6, 6.07) is 13.2. The minimum Gasteiger partial charge on any atom is -0.454 e. The standard InChI is InChI=1S/C27H33ClN4O2/c1-26(2)14-18(15-27(3,4)32-26)31-25(33)17-10-11-24(21(28)13-17)34-23-9-5-7-19(20(23)16-29)22-8-6-12-30-22/h5,7,9-11,13,18,22,30,32H,6,8,12,14-15H2,1-4H3,(H,31,33). The maximum Gasteiger partial charge on any atom is 0.251 e. The maximum atomic E-state index is 13.0. The van der Waals surface area contributed by atoms with Crippen LogP contribution in [0.5, 0.6) is 11.5 Å². The van der Waals surface area contributed by atoms with Crippen molar-refractivity contribution in [3.05, 3.63) is 58.1 Å². The molecular formula is C27H33ClN4O2. The molecule has 1 amide bonds. The van der Waals surface area contributed by atoms with Gasteiger partial charge < -0.3 is 20.7 Å². The van der Waals surface area contributed by atoms with Crippen LogP contribution in [0.3, 0.4) is 0 Å². The van der Waals surface area contributed by atoms with E-state index in [1.165, 1.54) is 0 Å². The first-order valence-electron chi connectivity index (χ1n) is 11.9. The lowest BCUT2D eigenvalue weighted by atomic mass is 9.79. The second-order valence-electron chi connectivity index (χ2n) is 10.7. The van der Waals surface area contributed by atoms with Crippen molar-refractivity contribution in [3.8, 4) is 17.6 Å². The van der Waals surface area contributed by atoms with E-state index in [1.54, 1.807) is 24.3 Å². The van der Waals surface area contributed by atoms with Crippen molar-refractivity contribution in [3.63, 3.8) is 0 Å². The minimum absolute atomic E-state index is 0.0595. The van der Waals surface area contributed by atoms with E-state index in [0.717, 1.165) is 37.8 Å². The molecule has 0 spiro atoms. The Labute approximate surface area is 207 Å². The minimum atomic E-state index is -0.154. The molecule has 180 valence electrons. The van der Waals surface area contributed by atoms with Crippen LogP contribution in [0.25, 0.3) is 0 Å². The van der Waals surface area contributed by atoms with E-state index in [-0.39, 0.29) is 29.1 Å². The summed E-state index contributed by atoms with van der Waals surface area (Å²) in [6.45, 7) is 9.57. The normalized spacial score (nSPS) is 21.6. The number of carbonyl (C=O) groups is 1. The van der Waals surface area contributed by atoms with Gasteiger partial charge in [0.25, 0.3) is 5.91 Å². The van der Waals surface area contributed by atoms with Gasteiger partial charge in [0.1, 0.15) is 17.6 Å². The van der Waals surface area contributed by atoms with Gasteiger partial charge in [0, 0.05) is 28.7 Å². The molecule has 2 aromatic carbocycles. The molecule has 34 heavy (non-hydrogen) atoms. The predicted octanol–water partition coefficient (Wildman–Crippen LogP) is 5.47. The Morgan fingerprint density at radius 1 is 1.15 bits per heavy atom. The SMILES string of the molecule is CC1(C)CC(NC(=O)c2ccc(Oc3cccc(C4CCCN4)c3C#N)c(Cl)c2)CC(C)(C)N1. The molecule has 2 aliphatic rings. The van der Waals surface area contributed by atoms with Crippen LogP contribution in [0.15, 0.2) is 36.4 Å². The number of nitrogens with zero attached hydrogens (tertiary/aromatic N) is 1. The molecule has 0 radical (unpaired) electrons. The molecule has 3 N–H and O–H groups in total. The number of nitriles is 1. The van der Waals surface area contributed by atoms with Crippen molar-refractivity contribution in [2.24, 2.45) is 0 Å². The Hall–Kier alpha value is -2.59. The van der Waals surface area contributed by atoms with Crippen molar-refractivity contribution >= 4 is 17.5 Å². The number of nitrogens with one attached hydrogen (secondary N) is 3. The Bertz CT molecular complexity index is 1100. The van der Waals surface area contributed by atoms with Gasteiger partial charge in [0.2, 0.25) is 0 Å². The summed E-state index contributed by atoms with van der Waals surface area (Å²) < 4.78 is 6.05. The van der Waals surface area contributed by atoms with E-state index >= 15 is 0 Å². The Morgan fingerprint density at radius 2 is 1.88 bits per heavy atom. The van der Waals surface area contributed by atoms with Gasteiger partial charge in [-0.1, -0.05) is 23.7 Å². The van der Waals surface area contributed by atoms with E-state index in [0.29, 0.717) is 27.6 Å². The second kappa shape index (κ2) is 9.58. The summed E-state index contributed by atoms with van der Waals surface area (Å²) in [5.74, 6) is 0.723. The van der Waals surface area contributed by atoms with Gasteiger partial charge in [0.05, 0.1) is 10.6 Å². The quantitative estimate of drug-likeness (QED) is 0.528. The molecule has 0 bridgehead atoms. The molecule has 0 aromatic heterocycles. The van der Waals surface area contributed by atoms with Crippen LogP contribution in [-0.2, 0) is 0 Å². The van der Waals surface area contributed by atoms with Crippen molar-refractivity contribution in [2.45, 2.75) is 76.5 Å².